The van der Waals surface area contributed by atoms with Gasteiger partial charge in [0.1, 0.15) is 0 Å². The van der Waals surface area contributed by atoms with Crippen LogP contribution in [0.3, 0.4) is 0 Å². The first-order valence-electron chi connectivity index (χ1n) is 6.22. The smallest absolute Gasteiger partial charge is 0.180 e. The third kappa shape index (κ3) is 4.37. The number of ether oxygens (including phenoxy) is 1. The Labute approximate surface area is 109 Å². The molecule has 0 radical (unpaired) electrons. The highest BCUT2D eigenvalue weighted by atomic mass is 16.5. The molecule has 1 aromatic rings. The zero-order chi connectivity index (χ0) is 13.5. The van der Waals surface area contributed by atoms with Crippen molar-refractivity contribution in [2.75, 3.05) is 7.05 Å². The molecular formula is C14H22N2O2. The molecule has 18 heavy (non-hydrogen) atoms. The molecule has 0 saturated heterocycles. The Balaban J connectivity index is 2.77. The van der Waals surface area contributed by atoms with Gasteiger partial charge in [-0.15, -0.1) is 0 Å². The monoisotopic (exact) mass is 250 g/mol. The Morgan fingerprint density at radius 3 is 2.72 bits per heavy atom. The van der Waals surface area contributed by atoms with Crippen molar-refractivity contribution >= 4 is 6.08 Å². The summed E-state index contributed by atoms with van der Waals surface area (Å²) in [5, 5.41) is 13.2. The lowest BCUT2D eigenvalue weighted by Gasteiger charge is -2.11. The van der Waals surface area contributed by atoms with Crippen molar-refractivity contribution in [1.82, 2.24) is 10.3 Å². The van der Waals surface area contributed by atoms with Gasteiger partial charge in [0, 0.05) is 17.8 Å². The topological polar surface area (TPSA) is 54.4 Å². The molecule has 4 nitrogen and oxygen atoms in total. The molecular weight excluding hydrogens is 228 g/mol. The van der Waals surface area contributed by atoms with Gasteiger partial charge in [-0.2, -0.15) is 0 Å². The summed E-state index contributed by atoms with van der Waals surface area (Å²) in [5.74, 6) is 0.570. The number of hydrogen-bond acceptors (Lipinski definition) is 4. The van der Waals surface area contributed by atoms with Gasteiger partial charge in [0.05, 0.1) is 12.3 Å². The second-order valence-corrected chi connectivity index (χ2v) is 4.57. The van der Waals surface area contributed by atoms with E-state index in [2.05, 4.69) is 17.2 Å². The first kappa shape index (κ1) is 14.5. The van der Waals surface area contributed by atoms with E-state index in [0.29, 0.717) is 17.4 Å². The molecule has 0 aromatic carbocycles. The van der Waals surface area contributed by atoms with Crippen molar-refractivity contribution < 1.29 is 9.84 Å². The van der Waals surface area contributed by atoms with E-state index in [1.54, 1.807) is 6.20 Å². The number of pyridine rings is 1. The van der Waals surface area contributed by atoms with Gasteiger partial charge in [0.2, 0.25) is 0 Å². The molecule has 1 rings (SSSR count). The van der Waals surface area contributed by atoms with Crippen molar-refractivity contribution in [1.29, 1.82) is 0 Å². The maximum atomic E-state index is 10.0. The van der Waals surface area contributed by atoms with Crippen LogP contribution in [-0.2, 0) is 0 Å². The van der Waals surface area contributed by atoms with E-state index in [4.69, 9.17) is 4.74 Å². The standard InChI is InChI=1S/C14H22N2O2/c1-10(2)18-13-9-16-8-12(14(13)17)7-5-6-11(3)15-4/h5,7-11,15H,6H2,1-4H3,(H,16,17)/b7-5+/t11-/m1/s1. The molecule has 0 spiro atoms. The van der Waals surface area contributed by atoms with Crippen LogP contribution in [-0.4, -0.2) is 29.3 Å². The summed E-state index contributed by atoms with van der Waals surface area (Å²) in [6.45, 7) is 5.92. The van der Waals surface area contributed by atoms with Gasteiger partial charge in [-0.3, -0.25) is 4.98 Å². The fourth-order valence-corrected chi connectivity index (χ4v) is 1.43. The highest BCUT2D eigenvalue weighted by molar-refractivity contribution is 5.60. The molecule has 0 aliphatic carbocycles. The molecule has 1 aromatic heterocycles. The van der Waals surface area contributed by atoms with E-state index in [-0.39, 0.29) is 11.9 Å². The van der Waals surface area contributed by atoms with Gasteiger partial charge >= 0.3 is 0 Å². The molecule has 0 unspecified atom stereocenters. The minimum Gasteiger partial charge on any atom is -0.504 e. The second-order valence-electron chi connectivity index (χ2n) is 4.57. The van der Waals surface area contributed by atoms with Crippen LogP contribution < -0.4 is 10.1 Å². The Bertz CT molecular complexity index is 403. The van der Waals surface area contributed by atoms with Crippen molar-refractivity contribution in [3.63, 3.8) is 0 Å². The molecule has 2 N–H and O–H groups in total. The van der Waals surface area contributed by atoms with Gasteiger partial charge in [0.15, 0.2) is 11.5 Å². The van der Waals surface area contributed by atoms with E-state index in [1.807, 2.05) is 33.0 Å². The van der Waals surface area contributed by atoms with Crippen LogP contribution >= 0.6 is 0 Å². The first-order chi connectivity index (χ1) is 8.54. The predicted molar refractivity (Wildman–Crippen MR) is 73.8 cm³/mol. The van der Waals surface area contributed by atoms with Crippen molar-refractivity contribution in [2.45, 2.75) is 39.3 Å². The summed E-state index contributed by atoms with van der Waals surface area (Å²) < 4.78 is 5.48. The molecule has 0 aliphatic heterocycles. The van der Waals surface area contributed by atoms with Gasteiger partial charge in [-0.05, 0) is 34.2 Å². The largest absolute Gasteiger partial charge is 0.504 e. The lowest BCUT2D eigenvalue weighted by molar-refractivity contribution is 0.230. The van der Waals surface area contributed by atoms with Crippen LogP contribution in [0.25, 0.3) is 6.08 Å². The van der Waals surface area contributed by atoms with Crippen LogP contribution in [0.2, 0.25) is 0 Å². The molecule has 1 atom stereocenters. The fourth-order valence-electron chi connectivity index (χ4n) is 1.43. The number of aromatic nitrogens is 1. The Hall–Kier alpha value is -1.55. The zero-order valence-corrected chi connectivity index (χ0v) is 11.5. The van der Waals surface area contributed by atoms with E-state index >= 15 is 0 Å². The quantitative estimate of drug-likeness (QED) is 0.814. The summed E-state index contributed by atoms with van der Waals surface area (Å²) in [6.07, 6.45) is 7.94. The molecule has 1 heterocycles. The summed E-state index contributed by atoms with van der Waals surface area (Å²) >= 11 is 0. The molecule has 0 fully saturated rings. The maximum Gasteiger partial charge on any atom is 0.180 e. The average Bonchev–Trinajstić information content (AvgIpc) is 2.33. The third-order valence-corrected chi connectivity index (χ3v) is 2.55. The van der Waals surface area contributed by atoms with Crippen molar-refractivity contribution in [2.24, 2.45) is 0 Å². The van der Waals surface area contributed by atoms with Crippen LogP contribution in [0, 0.1) is 0 Å². The predicted octanol–water partition coefficient (Wildman–Crippen LogP) is 2.59. The van der Waals surface area contributed by atoms with Crippen LogP contribution in [0.5, 0.6) is 11.5 Å². The molecule has 0 amide bonds. The SMILES string of the molecule is CN[C@H](C)C/C=C/c1cncc(OC(C)C)c1O. The molecule has 0 aliphatic rings. The number of hydrogen-bond donors (Lipinski definition) is 2. The molecule has 0 bridgehead atoms. The van der Waals surface area contributed by atoms with Crippen molar-refractivity contribution in [3.8, 4) is 11.5 Å². The number of aromatic hydroxyl groups is 1. The van der Waals surface area contributed by atoms with Crippen LogP contribution in [0.4, 0.5) is 0 Å². The Morgan fingerprint density at radius 2 is 2.11 bits per heavy atom. The number of rotatable bonds is 6. The summed E-state index contributed by atoms with van der Waals surface area (Å²) in [7, 11) is 1.93. The van der Waals surface area contributed by atoms with Crippen LogP contribution in [0.15, 0.2) is 18.5 Å². The lowest BCUT2D eigenvalue weighted by atomic mass is 10.1. The Morgan fingerprint density at radius 1 is 1.39 bits per heavy atom. The van der Waals surface area contributed by atoms with Gasteiger partial charge in [-0.1, -0.05) is 12.2 Å². The fraction of sp³-hybridized carbons (Fsp3) is 0.500. The summed E-state index contributed by atoms with van der Waals surface area (Å²) in [5.41, 5.74) is 0.677. The summed E-state index contributed by atoms with van der Waals surface area (Å²) in [4.78, 5) is 4.06. The number of nitrogens with zero attached hydrogens (tertiary/aromatic N) is 1. The van der Waals surface area contributed by atoms with Gasteiger partial charge < -0.3 is 15.2 Å². The zero-order valence-electron chi connectivity index (χ0n) is 11.5. The molecule has 0 saturated carbocycles. The molecule has 4 heteroatoms. The Kier molecular flexibility index (Phi) is 5.65. The van der Waals surface area contributed by atoms with Crippen LogP contribution in [0.1, 0.15) is 32.8 Å². The van der Waals surface area contributed by atoms with E-state index in [1.165, 1.54) is 6.20 Å². The highest BCUT2D eigenvalue weighted by Crippen LogP contribution is 2.30. The lowest BCUT2D eigenvalue weighted by Crippen LogP contribution is -2.19. The second kappa shape index (κ2) is 7.01. The summed E-state index contributed by atoms with van der Waals surface area (Å²) in [6, 6.07) is 0.409. The highest BCUT2D eigenvalue weighted by Gasteiger charge is 2.08. The van der Waals surface area contributed by atoms with E-state index in [0.717, 1.165) is 6.42 Å². The van der Waals surface area contributed by atoms with Crippen molar-refractivity contribution in [3.05, 3.63) is 24.0 Å². The molecule has 100 valence electrons. The van der Waals surface area contributed by atoms with Gasteiger partial charge in [0.25, 0.3) is 0 Å². The van der Waals surface area contributed by atoms with E-state index in [9.17, 15) is 5.11 Å². The normalized spacial score (nSPS) is 13.2. The minimum absolute atomic E-state index is 0.0150. The first-order valence-corrected chi connectivity index (χ1v) is 6.22. The maximum absolute atomic E-state index is 10.0. The minimum atomic E-state index is 0.0150. The van der Waals surface area contributed by atoms with Gasteiger partial charge in [-0.25, -0.2) is 0 Å². The van der Waals surface area contributed by atoms with E-state index < -0.39 is 0 Å². The third-order valence-electron chi connectivity index (χ3n) is 2.55. The number of nitrogens with one attached hydrogen (secondary N) is 1. The average molecular weight is 250 g/mol.